The highest BCUT2D eigenvalue weighted by Crippen LogP contribution is 2.68. The zero-order valence-corrected chi connectivity index (χ0v) is 22.6. The van der Waals surface area contributed by atoms with Gasteiger partial charge in [0.25, 0.3) is 0 Å². The molecule has 4 rings (SSSR count). The third-order valence-electron chi connectivity index (χ3n) is 9.35. The Morgan fingerprint density at radius 1 is 1.18 bits per heavy atom. The van der Waals surface area contributed by atoms with Crippen molar-refractivity contribution in [2.24, 2.45) is 28.6 Å². The molecule has 0 aromatic carbocycles. The number of hydrogen-bond acceptors (Lipinski definition) is 7. The molecule has 7 nitrogen and oxygen atoms in total. The van der Waals surface area contributed by atoms with E-state index in [0.29, 0.717) is 30.4 Å². The van der Waals surface area contributed by atoms with Crippen LogP contribution in [-0.4, -0.2) is 53.1 Å². The molecule has 0 aliphatic heterocycles. The zero-order chi connectivity index (χ0) is 28.8. The summed E-state index contributed by atoms with van der Waals surface area (Å²) in [5.74, 6) is -5.03. The van der Waals surface area contributed by atoms with Crippen LogP contribution in [0.4, 0.5) is 13.2 Å². The Kier molecular flexibility index (Phi) is 8.10. The first-order valence-corrected chi connectivity index (χ1v) is 13.1. The molecule has 4 aliphatic carbocycles. The lowest BCUT2D eigenvalue weighted by Crippen LogP contribution is -2.63. The number of Topliss-reactive ketones (excluding diaryl/α,β-unsaturated/α-hetero) is 1. The molecule has 4 aliphatic rings. The Morgan fingerprint density at radius 2 is 1.82 bits per heavy atom. The Morgan fingerprint density at radius 3 is 2.39 bits per heavy atom. The molecule has 1 N–H and O–H groups in total. The largest absolute Gasteiger partial charge is 0.490 e. The number of alkyl halides is 3. The van der Waals surface area contributed by atoms with Crippen molar-refractivity contribution in [1.29, 1.82) is 0 Å². The van der Waals surface area contributed by atoms with Gasteiger partial charge in [-0.05, 0) is 61.0 Å². The van der Waals surface area contributed by atoms with Gasteiger partial charge in [0.05, 0.1) is 0 Å². The van der Waals surface area contributed by atoms with Gasteiger partial charge in [-0.2, -0.15) is 13.2 Å². The highest BCUT2D eigenvalue weighted by molar-refractivity contribution is 5.93. The van der Waals surface area contributed by atoms with Gasteiger partial charge >= 0.3 is 18.1 Å². The molecule has 0 aromatic heterocycles. The predicted octanol–water partition coefficient (Wildman–Crippen LogP) is 4.66. The van der Waals surface area contributed by atoms with E-state index in [1.807, 2.05) is 20.8 Å². The minimum atomic E-state index is -5.22. The molecule has 0 heterocycles. The summed E-state index contributed by atoms with van der Waals surface area (Å²) in [6.45, 7) is 12.1. The number of allylic oxidation sites excluding steroid dienone is 2. The van der Waals surface area contributed by atoms with Gasteiger partial charge in [-0.1, -0.05) is 39.8 Å². The molecule has 7 unspecified atom stereocenters. The summed E-state index contributed by atoms with van der Waals surface area (Å²) in [6.07, 6.45) is -3.76. The smallest absolute Gasteiger partial charge is 0.458 e. The second kappa shape index (κ2) is 10.2. The first kappa shape index (κ1) is 30.1. The molecule has 3 fully saturated rings. The normalized spacial score (nSPS) is 38.0. The molecule has 0 saturated heterocycles. The fraction of sp³-hybridized carbons (Fsp3) is 0.714. The number of carbonyl (C=O) groups excluding carboxylic acids is 4. The number of hydrogen-bond donors (Lipinski definition) is 1. The fourth-order valence-corrected chi connectivity index (χ4v) is 7.73. The lowest BCUT2D eigenvalue weighted by atomic mass is 9.44. The van der Waals surface area contributed by atoms with E-state index in [1.54, 1.807) is 6.92 Å². The standard InChI is InChI=1S/C26H31F3O7.C2H6/c1-13-9-16-17-6-8-25(34,20(32)12-35-14(2)30)24(17,4)11-19(36-22(33)26(27,28)29)21(16)23(3)7-5-15(31)10-18(13)23;1-2/h10,16-17,19,21,34H,1,5-9,11-12H2,2-4H3;1-2H3. The number of ether oxygens (including phenoxy) is 2. The maximum absolute atomic E-state index is 13.3. The van der Waals surface area contributed by atoms with Gasteiger partial charge in [0.2, 0.25) is 5.78 Å². The maximum atomic E-state index is 13.3. The van der Waals surface area contributed by atoms with E-state index in [9.17, 15) is 37.5 Å². The van der Waals surface area contributed by atoms with E-state index in [0.717, 1.165) is 6.92 Å². The molecule has 212 valence electrons. The van der Waals surface area contributed by atoms with Crippen molar-refractivity contribution in [2.75, 3.05) is 6.61 Å². The Labute approximate surface area is 220 Å². The molecular weight excluding hydrogens is 505 g/mol. The Bertz CT molecular complexity index is 1060. The summed E-state index contributed by atoms with van der Waals surface area (Å²) in [5, 5.41) is 11.6. The fourth-order valence-electron chi connectivity index (χ4n) is 7.73. The predicted molar refractivity (Wildman–Crippen MR) is 130 cm³/mol. The van der Waals surface area contributed by atoms with Crippen molar-refractivity contribution >= 4 is 23.5 Å². The van der Waals surface area contributed by atoms with Crippen molar-refractivity contribution in [3.8, 4) is 0 Å². The second-order valence-electron chi connectivity index (χ2n) is 11.2. The molecule has 0 radical (unpaired) electrons. The van der Waals surface area contributed by atoms with E-state index in [1.165, 1.54) is 6.08 Å². The number of fused-ring (bicyclic) bond motifs is 5. The van der Waals surface area contributed by atoms with E-state index in [2.05, 4.69) is 6.58 Å². The summed E-state index contributed by atoms with van der Waals surface area (Å²) in [5.41, 5.74) is -2.59. The van der Waals surface area contributed by atoms with Crippen molar-refractivity contribution < 1.29 is 46.9 Å². The Hall–Kier alpha value is -2.49. The van der Waals surface area contributed by atoms with Crippen LogP contribution in [0, 0.1) is 28.6 Å². The van der Waals surface area contributed by atoms with Gasteiger partial charge in [-0.15, -0.1) is 0 Å². The van der Waals surface area contributed by atoms with Crippen LogP contribution in [0.25, 0.3) is 0 Å². The first-order valence-electron chi connectivity index (χ1n) is 13.1. The highest BCUT2D eigenvalue weighted by Gasteiger charge is 2.70. The average Bonchev–Trinajstić information content (AvgIpc) is 3.10. The van der Waals surface area contributed by atoms with Crippen LogP contribution in [0.3, 0.4) is 0 Å². The minimum Gasteiger partial charge on any atom is -0.458 e. The van der Waals surface area contributed by atoms with Crippen LogP contribution in [0.15, 0.2) is 23.8 Å². The van der Waals surface area contributed by atoms with Gasteiger partial charge in [0.1, 0.15) is 11.7 Å². The van der Waals surface area contributed by atoms with Crippen LogP contribution in [0.2, 0.25) is 0 Å². The highest BCUT2D eigenvalue weighted by atomic mass is 19.4. The van der Waals surface area contributed by atoms with Crippen LogP contribution < -0.4 is 0 Å². The van der Waals surface area contributed by atoms with Crippen molar-refractivity contribution in [3.05, 3.63) is 23.8 Å². The number of halogens is 3. The number of ketones is 2. The van der Waals surface area contributed by atoms with E-state index in [-0.39, 0.29) is 36.9 Å². The van der Waals surface area contributed by atoms with Gasteiger partial charge < -0.3 is 14.6 Å². The molecule has 0 aromatic rings. The van der Waals surface area contributed by atoms with Gasteiger partial charge in [-0.3, -0.25) is 14.4 Å². The average molecular weight is 543 g/mol. The number of esters is 2. The third-order valence-corrected chi connectivity index (χ3v) is 9.35. The Balaban J connectivity index is 0.00000195. The molecular formula is C28H37F3O7. The summed E-state index contributed by atoms with van der Waals surface area (Å²) in [7, 11) is 0. The van der Waals surface area contributed by atoms with E-state index in [4.69, 9.17) is 9.47 Å². The lowest BCUT2D eigenvalue weighted by Gasteiger charge is -2.61. The molecule has 0 bridgehead atoms. The SMILES string of the molecule is C=C1CC2C(C(OC(=O)C(F)(F)F)CC3(C)C2CCC3(O)C(=O)COC(C)=O)C2(C)CCC(=O)C=C12.CC. The number of rotatable bonds is 4. The van der Waals surface area contributed by atoms with Crippen molar-refractivity contribution in [2.45, 2.75) is 91.0 Å². The number of aliphatic hydroxyl groups is 1. The van der Waals surface area contributed by atoms with Gasteiger partial charge in [0, 0.05) is 24.7 Å². The summed E-state index contributed by atoms with van der Waals surface area (Å²) >= 11 is 0. The van der Waals surface area contributed by atoms with E-state index >= 15 is 0 Å². The molecule has 38 heavy (non-hydrogen) atoms. The summed E-state index contributed by atoms with van der Waals surface area (Å²) < 4.78 is 49.8. The third kappa shape index (κ3) is 4.73. The monoisotopic (exact) mass is 542 g/mol. The minimum absolute atomic E-state index is 0.0434. The van der Waals surface area contributed by atoms with Crippen molar-refractivity contribution in [1.82, 2.24) is 0 Å². The van der Waals surface area contributed by atoms with Crippen LogP contribution >= 0.6 is 0 Å². The van der Waals surface area contributed by atoms with Gasteiger partial charge in [0.15, 0.2) is 12.4 Å². The summed E-state index contributed by atoms with van der Waals surface area (Å²) in [4.78, 5) is 48.6. The topological polar surface area (TPSA) is 107 Å². The maximum Gasteiger partial charge on any atom is 0.490 e. The van der Waals surface area contributed by atoms with Crippen LogP contribution in [-0.2, 0) is 28.7 Å². The molecule has 3 saturated carbocycles. The van der Waals surface area contributed by atoms with Crippen LogP contribution in [0.5, 0.6) is 0 Å². The van der Waals surface area contributed by atoms with Gasteiger partial charge in [-0.25, -0.2) is 4.79 Å². The molecule has 0 spiro atoms. The zero-order valence-electron chi connectivity index (χ0n) is 22.6. The quantitative estimate of drug-likeness (QED) is 0.515. The summed E-state index contributed by atoms with van der Waals surface area (Å²) in [6, 6.07) is 0. The molecule has 0 amide bonds. The lowest BCUT2D eigenvalue weighted by molar-refractivity contribution is -0.225. The molecule has 7 atom stereocenters. The molecule has 10 heteroatoms. The van der Waals surface area contributed by atoms with Crippen LogP contribution in [0.1, 0.15) is 73.1 Å². The van der Waals surface area contributed by atoms with E-state index < -0.39 is 59.0 Å². The second-order valence-corrected chi connectivity index (χ2v) is 11.2. The first-order chi connectivity index (χ1) is 17.5. The number of carbonyl (C=O) groups is 4. The van der Waals surface area contributed by atoms with Crippen molar-refractivity contribution in [3.63, 3.8) is 0 Å².